The molecule has 0 atom stereocenters. The van der Waals surface area contributed by atoms with E-state index in [1.165, 1.54) is 21.4 Å². The SMILES string of the molecule is [2H]c1c([2H])c([2H])c2c(c1[2H])c1c([2H])c([2H])c([2H])c([2H])c1n2-c1ccc2c(c1)N(c1c(-c3ccccc3)ccc3c1c1ccccc1n3-c1ccccc1)c1cc(-c3cccc(C(C)(C)C)c3)cc3c1B2c1ccc(-c2cc(C(C)(C)C)cc(C(C)(C)C)c2)cc1N3c1cc(-c2ccccc2)cc2sc3ccccc3c12. The first-order valence-corrected chi connectivity index (χ1v) is 36.2. The molecule has 490 valence electrons. The van der Waals surface area contributed by atoms with Crippen LogP contribution in [0.25, 0.3) is 120 Å². The van der Waals surface area contributed by atoms with Crippen molar-refractivity contribution in [2.45, 2.75) is 78.6 Å². The number of fused-ring (bicyclic) bond motifs is 13. The zero-order valence-electron chi connectivity index (χ0n) is 66.5. The predicted molar refractivity (Wildman–Crippen MR) is 440 cm³/mol. The van der Waals surface area contributed by atoms with Crippen molar-refractivity contribution in [2.24, 2.45) is 0 Å². The van der Waals surface area contributed by atoms with Gasteiger partial charge >= 0.3 is 0 Å². The monoisotopic (exact) mass is 1340 g/mol. The van der Waals surface area contributed by atoms with E-state index in [1.54, 1.807) is 4.57 Å². The van der Waals surface area contributed by atoms with Gasteiger partial charge in [-0.15, -0.1) is 11.3 Å². The fourth-order valence-corrected chi connectivity index (χ4v) is 17.4. The van der Waals surface area contributed by atoms with Gasteiger partial charge in [0.25, 0.3) is 6.71 Å². The van der Waals surface area contributed by atoms with Gasteiger partial charge in [-0.2, -0.15) is 0 Å². The Labute approximate surface area is 613 Å². The topological polar surface area (TPSA) is 16.3 Å². The molecule has 0 amide bonds. The lowest BCUT2D eigenvalue weighted by molar-refractivity contribution is 0.569. The van der Waals surface area contributed by atoms with E-state index >= 15 is 0 Å². The highest BCUT2D eigenvalue weighted by Gasteiger charge is 2.46. The van der Waals surface area contributed by atoms with Gasteiger partial charge < -0.3 is 18.9 Å². The Morgan fingerprint density at radius 2 is 0.833 bits per heavy atom. The molecule has 102 heavy (non-hydrogen) atoms. The van der Waals surface area contributed by atoms with Crippen molar-refractivity contribution in [3.63, 3.8) is 0 Å². The molecule has 14 aromatic carbocycles. The van der Waals surface area contributed by atoms with Crippen molar-refractivity contribution in [2.75, 3.05) is 9.80 Å². The van der Waals surface area contributed by atoms with Crippen LogP contribution < -0.4 is 26.2 Å². The number of hydrogen-bond acceptors (Lipinski definition) is 3. The molecule has 4 nitrogen and oxygen atoms in total. The van der Waals surface area contributed by atoms with Crippen LogP contribution in [0.3, 0.4) is 0 Å². The number of rotatable bonds is 8. The predicted octanol–water partition coefficient (Wildman–Crippen LogP) is 24.9. The van der Waals surface area contributed by atoms with Crippen molar-refractivity contribution in [1.29, 1.82) is 0 Å². The lowest BCUT2D eigenvalue weighted by Crippen LogP contribution is -2.61. The maximum absolute atomic E-state index is 9.91. The van der Waals surface area contributed by atoms with Crippen molar-refractivity contribution in [1.82, 2.24) is 9.13 Å². The summed E-state index contributed by atoms with van der Waals surface area (Å²) < 4.78 is 82.4. The van der Waals surface area contributed by atoms with E-state index in [-0.39, 0.29) is 50.1 Å². The maximum Gasteiger partial charge on any atom is 0.252 e. The van der Waals surface area contributed by atoms with Crippen LogP contribution in [0.4, 0.5) is 34.1 Å². The third-order valence-electron chi connectivity index (χ3n) is 21.3. The Bertz CT molecular complexity index is 6670. The average molecular weight is 1340 g/mol. The van der Waals surface area contributed by atoms with E-state index in [1.807, 2.05) is 17.4 Å². The van der Waals surface area contributed by atoms with Gasteiger partial charge in [-0.25, -0.2) is 0 Å². The zero-order chi connectivity index (χ0) is 76.0. The number of nitrogens with zero attached hydrogens (tertiary/aromatic N) is 4. The summed E-state index contributed by atoms with van der Waals surface area (Å²) in [4.78, 5) is 5.09. The highest BCUT2D eigenvalue weighted by molar-refractivity contribution is 7.26. The van der Waals surface area contributed by atoms with Crippen molar-refractivity contribution in [3.8, 4) is 55.9 Å². The van der Waals surface area contributed by atoms with Gasteiger partial charge in [0.15, 0.2) is 0 Å². The average Bonchev–Trinajstić information content (AvgIpc) is 1.07. The van der Waals surface area contributed by atoms with E-state index in [0.29, 0.717) is 5.69 Å². The van der Waals surface area contributed by atoms with Crippen LogP contribution in [0.2, 0.25) is 0 Å². The van der Waals surface area contributed by atoms with Gasteiger partial charge in [-0.3, -0.25) is 0 Å². The molecule has 0 spiro atoms. The molecule has 6 heteroatoms. The molecular weight excluding hydrogens is 1250 g/mol. The molecule has 17 aromatic rings. The maximum atomic E-state index is 9.91. The number of thiophene rings is 1. The molecule has 0 aliphatic carbocycles. The molecule has 2 aliphatic heterocycles. The molecule has 0 N–H and O–H groups in total. The van der Waals surface area contributed by atoms with Crippen molar-refractivity contribution < 1.29 is 11.0 Å². The first-order valence-electron chi connectivity index (χ1n) is 39.3. The quantitative estimate of drug-likeness (QED) is 0.141. The van der Waals surface area contributed by atoms with E-state index in [0.717, 1.165) is 138 Å². The molecule has 19 rings (SSSR count). The summed E-state index contributed by atoms with van der Waals surface area (Å²) in [5.74, 6) is 0. The fourth-order valence-electron chi connectivity index (χ4n) is 16.3. The minimum absolute atomic E-state index is 0.0122. The van der Waals surface area contributed by atoms with Gasteiger partial charge in [0.05, 0.1) is 44.4 Å². The van der Waals surface area contributed by atoms with Gasteiger partial charge in [0.1, 0.15) is 0 Å². The molecule has 0 saturated carbocycles. The van der Waals surface area contributed by atoms with E-state index < -0.39 is 43.0 Å². The summed E-state index contributed by atoms with van der Waals surface area (Å²) in [6.07, 6.45) is 0. The third-order valence-corrected chi connectivity index (χ3v) is 22.5. The van der Waals surface area contributed by atoms with Crippen molar-refractivity contribution in [3.05, 3.63) is 320 Å². The number of benzene rings is 14. The minimum Gasteiger partial charge on any atom is -0.311 e. The largest absolute Gasteiger partial charge is 0.311 e. The number of aromatic nitrogens is 2. The van der Waals surface area contributed by atoms with Crippen molar-refractivity contribution >= 4 is 132 Å². The summed E-state index contributed by atoms with van der Waals surface area (Å²) in [5, 5.41) is 4.33. The molecule has 3 aromatic heterocycles. The third kappa shape index (κ3) is 9.78. The Balaban J connectivity index is 1.03. The van der Waals surface area contributed by atoms with Gasteiger partial charge in [0.2, 0.25) is 0 Å². The van der Waals surface area contributed by atoms with Gasteiger partial charge in [-0.05, 0) is 173 Å². The molecule has 5 heterocycles. The van der Waals surface area contributed by atoms with Gasteiger partial charge in [-0.1, -0.05) is 281 Å². The second-order valence-corrected chi connectivity index (χ2v) is 31.8. The van der Waals surface area contributed by atoms with Crippen LogP contribution in [0.15, 0.2) is 303 Å². The molecule has 0 fully saturated rings. The molecule has 0 bridgehead atoms. The lowest BCUT2D eigenvalue weighted by atomic mass is 9.33. The molecule has 0 unspecified atom stereocenters. The highest BCUT2D eigenvalue weighted by Crippen LogP contribution is 2.55. The fraction of sp³-hybridized carbons (Fsp3) is 0.125. The van der Waals surface area contributed by atoms with Crippen LogP contribution in [-0.2, 0) is 16.2 Å². The minimum atomic E-state index is -0.498. The van der Waals surface area contributed by atoms with Crippen LogP contribution in [0.5, 0.6) is 0 Å². The van der Waals surface area contributed by atoms with Crippen LogP contribution in [0, 0.1) is 0 Å². The summed E-state index contributed by atoms with van der Waals surface area (Å²) >= 11 is 1.82. The molecule has 0 saturated heterocycles. The number of hydrogen-bond donors (Lipinski definition) is 0. The first-order chi connectivity index (χ1) is 52.8. The lowest BCUT2D eigenvalue weighted by Gasteiger charge is -2.45. The Morgan fingerprint density at radius 1 is 0.314 bits per heavy atom. The first kappa shape index (κ1) is 53.5. The number of anilines is 6. The summed E-state index contributed by atoms with van der Waals surface area (Å²) in [6.45, 7) is 20.1. The molecule has 0 radical (unpaired) electrons. The molecule has 2 aliphatic rings. The number of para-hydroxylation sites is 4. The van der Waals surface area contributed by atoms with Crippen LogP contribution >= 0.6 is 11.3 Å². The van der Waals surface area contributed by atoms with E-state index in [2.05, 4.69) is 325 Å². The second kappa shape index (κ2) is 23.1. The van der Waals surface area contributed by atoms with E-state index in [9.17, 15) is 8.22 Å². The Morgan fingerprint density at radius 3 is 1.52 bits per heavy atom. The highest BCUT2D eigenvalue weighted by atomic mass is 32.1. The standard InChI is InChI=1S/C96H77BN4S/c1-94(2,3)67-33-27-32-62(50-67)65-55-86-92-87(56-65)101(93-72(61-30-15-11-16-31-61)46-49-82-91(93)75-38-21-25-42-81(75)98(82)70-34-17-12-18-35-70)84-59-71(99-79-40-23-19-36-73(79)74-37-20-24-41-80(74)99)45-48-78(84)97(92)77-47-44-63(64-51-68(95(4,5)6)58-69(52-64)96(7,8)9)53-83(77)100(86)85-54-66(60-28-13-10-14-29-60)57-89-90(85)76-39-22-26-43-88(76)102-89/h10-59H,1-9H3/i19D,20D,23D,24D,36D,37D,40D,41D. The summed E-state index contributed by atoms with van der Waals surface area (Å²) in [6, 6.07) is 89.7. The molecular formula is C96H77BN4S. The van der Waals surface area contributed by atoms with Crippen LogP contribution in [-0.4, -0.2) is 15.8 Å². The van der Waals surface area contributed by atoms with Gasteiger partial charge in [0, 0.05) is 81.4 Å². The Hall–Kier alpha value is -11.4. The normalized spacial score (nSPS) is 14.2. The summed E-state index contributed by atoms with van der Waals surface area (Å²) in [5.41, 5.74) is 23.5. The second-order valence-electron chi connectivity index (χ2n) is 30.7. The van der Waals surface area contributed by atoms with E-state index in [4.69, 9.17) is 2.74 Å². The smallest absolute Gasteiger partial charge is 0.252 e. The Kier molecular flexibility index (Phi) is 12.1. The zero-order valence-corrected chi connectivity index (χ0v) is 59.3. The summed E-state index contributed by atoms with van der Waals surface area (Å²) in [7, 11) is 0. The van der Waals surface area contributed by atoms with Crippen LogP contribution in [0.1, 0.15) is 90.0 Å².